The van der Waals surface area contributed by atoms with Gasteiger partial charge in [-0.25, -0.2) is 8.42 Å². The number of rotatable bonds is 6. The Bertz CT molecular complexity index is 497. The van der Waals surface area contributed by atoms with Gasteiger partial charge >= 0.3 is 0 Å². The van der Waals surface area contributed by atoms with Gasteiger partial charge in [-0.3, -0.25) is 0 Å². The molecule has 0 N–H and O–H groups in total. The molecule has 4 nitrogen and oxygen atoms in total. The molecule has 0 bridgehead atoms. The van der Waals surface area contributed by atoms with E-state index in [1.165, 1.54) is 0 Å². The van der Waals surface area contributed by atoms with Gasteiger partial charge in [0.15, 0.2) is 9.84 Å². The summed E-state index contributed by atoms with van der Waals surface area (Å²) in [4.78, 5) is 0. The quantitative estimate of drug-likeness (QED) is 0.801. The maximum Gasteiger partial charge on any atom is 0.155 e. The molecule has 0 fully saturated rings. The van der Waals surface area contributed by atoms with Crippen LogP contribution in [-0.2, 0) is 9.84 Å². The topological polar surface area (TPSA) is 52.6 Å². The van der Waals surface area contributed by atoms with Crippen LogP contribution in [0.25, 0.3) is 0 Å². The Balaban J connectivity index is 2.60. The molecule has 1 aromatic rings. The van der Waals surface area contributed by atoms with E-state index in [2.05, 4.69) is 15.9 Å². The number of ether oxygens (including phenoxy) is 2. The van der Waals surface area contributed by atoms with Crippen LogP contribution in [0.3, 0.4) is 0 Å². The average Bonchev–Trinajstić information content (AvgIpc) is 2.30. The van der Waals surface area contributed by atoms with Crippen LogP contribution in [-0.4, -0.2) is 33.1 Å². The molecule has 0 aliphatic rings. The summed E-state index contributed by atoms with van der Waals surface area (Å²) in [5, 5.41) is -0.375. The van der Waals surface area contributed by atoms with Gasteiger partial charge in [-0.1, -0.05) is 0 Å². The summed E-state index contributed by atoms with van der Waals surface area (Å²) in [6, 6.07) is 5.27. The van der Waals surface area contributed by atoms with Gasteiger partial charge in [0.1, 0.15) is 18.1 Å². The van der Waals surface area contributed by atoms with Crippen molar-refractivity contribution in [1.82, 2.24) is 0 Å². The highest BCUT2D eigenvalue weighted by Crippen LogP contribution is 2.29. The largest absolute Gasteiger partial charge is 0.497 e. The molecule has 6 heteroatoms. The molecular formula is C12H17BrO4S. The van der Waals surface area contributed by atoms with Gasteiger partial charge in [-0.15, -0.1) is 0 Å². The molecule has 1 rings (SSSR count). The predicted molar refractivity (Wildman–Crippen MR) is 75.1 cm³/mol. The Kier molecular flexibility index (Phi) is 5.47. The van der Waals surface area contributed by atoms with Crippen molar-refractivity contribution in [2.75, 3.05) is 19.5 Å². The molecule has 0 spiro atoms. The van der Waals surface area contributed by atoms with Crippen molar-refractivity contribution in [2.45, 2.75) is 19.1 Å². The SMILES string of the molecule is COc1ccc(OCCS(=O)(=O)C(C)C)c(Br)c1. The van der Waals surface area contributed by atoms with Crippen LogP contribution in [0.1, 0.15) is 13.8 Å². The summed E-state index contributed by atoms with van der Waals surface area (Å²) >= 11 is 3.34. The number of hydrogen-bond donors (Lipinski definition) is 0. The van der Waals surface area contributed by atoms with Gasteiger partial charge in [0.05, 0.1) is 22.6 Å². The molecule has 1 aromatic carbocycles. The Morgan fingerprint density at radius 2 is 2.00 bits per heavy atom. The first-order valence-corrected chi connectivity index (χ1v) is 8.05. The second-order valence-corrected chi connectivity index (χ2v) is 7.59. The van der Waals surface area contributed by atoms with E-state index in [9.17, 15) is 8.42 Å². The van der Waals surface area contributed by atoms with Gasteiger partial charge < -0.3 is 9.47 Å². The third-order valence-corrected chi connectivity index (χ3v) is 5.27. The van der Waals surface area contributed by atoms with Crippen LogP contribution >= 0.6 is 15.9 Å². The highest BCUT2D eigenvalue weighted by atomic mass is 79.9. The Hall–Kier alpha value is -0.750. The predicted octanol–water partition coefficient (Wildman–Crippen LogP) is 2.66. The minimum atomic E-state index is -3.06. The van der Waals surface area contributed by atoms with Crippen molar-refractivity contribution in [1.29, 1.82) is 0 Å². The third-order valence-electron chi connectivity index (χ3n) is 2.48. The Morgan fingerprint density at radius 3 is 2.50 bits per heavy atom. The van der Waals surface area contributed by atoms with Crippen LogP contribution in [0.15, 0.2) is 22.7 Å². The summed E-state index contributed by atoms with van der Waals surface area (Å²) in [6.07, 6.45) is 0. The van der Waals surface area contributed by atoms with E-state index in [4.69, 9.17) is 9.47 Å². The van der Waals surface area contributed by atoms with E-state index in [-0.39, 0.29) is 17.6 Å². The minimum absolute atomic E-state index is 0.0170. The Morgan fingerprint density at radius 1 is 1.33 bits per heavy atom. The maximum atomic E-state index is 11.6. The molecular weight excluding hydrogens is 320 g/mol. The third kappa shape index (κ3) is 4.17. The van der Waals surface area contributed by atoms with Crippen LogP contribution in [0.2, 0.25) is 0 Å². The normalized spacial score (nSPS) is 11.6. The zero-order valence-corrected chi connectivity index (χ0v) is 13.0. The fraction of sp³-hybridized carbons (Fsp3) is 0.500. The van der Waals surface area contributed by atoms with Crippen molar-refractivity contribution < 1.29 is 17.9 Å². The second kappa shape index (κ2) is 6.43. The fourth-order valence-corrected chi connectivity index (χ4v) is 2.49. The van der Waals surface area contributed by atoms with Gasteiger partial charge in [-0.2, -0.15) is 0 Å². The summed E-state index contributed by atoms with van der Waals surface area (Å²) in [6.45, 7) is 3.47. The molecule has 0 aromatic heterocycles. The van der Waals surface area contributed by atoms with Crippen molar-refractivity contribution in [3.05, 3.63) is 22.7 Å². The molecule has 0 saturated heterocycles. The van der Waals surface area contributed by atoms with E-state index in [1.807, 2.05) is 0 Å². The standard InChI is InChI=1S/C12H17BrO4S/c1-9(2)18(14,15)7-6-17-12-5-4-10(16-3)8-11(12)13/h4-5,8-9H,6-7H2,1-3H3. The summed E-state index contributed by atoms with van der Waals surface area (Å²) in [5.74, 6) is 1.34. The molecule has 0 radical (unpaired) electrons. The van der Waals surface area contributed by atoms with E-state index in [0.29, 0.717) is 11.5 Å². The summed E-state index contributed by atoms with van der Waals surface area (Å²) in [7, 11) is -1.48. The second-order valence-electron chi connectivity index (χ2n) is 4.06. The van der Waals surface area contributed by atoms with Gasteiger partial charge in [0.25, 0.3) is 0 Å². The monoisotopic (exact) mass is 336 g/mol. The fourth-order valence-electron chi connectivity index (χ4n) is 1.23. The van der Waals surface area contributed by atoms with Crippen molar-refractivity contribution in [3.63, 3.8) is 0 Å². The number of benzene rings is 1. The van der Waals surface area contributed by atoms with E-state index in [1.54, 1.807) is 39.2 Å². The van der Waals surface area contributed by atoms with E-state index in [0.717, 1.165) is 4.47 Å². The summed E-state index contributed by atoms with van der Waals surface area (Å²) in [5.41, 5.74) is 0. The molecule has 0 saturated carbocycles. The maximum absolute atomic E-state index is 11.6. The molecule has 0 atom stereocenters. The van der Waals surface area contributed by atoms with Crippen LogP contribution < -0.4 is 9.47 Å². The van der Waals surface area contributed by atoms with Crippen LogP contribution in [0, 0.1) is 0 Å². The first-order valence-electron chi connectivity index (χ1n) is 5.54. The molecule has 0 heterocycles. The number of sulfone groups is 1. The lowest BCUT2D eigenvalue weighted by Gasteiger charge is -2.11. The van der Waals surface area contributed by atoms with E-state index >= 15 is 0 Å². The molecule has 0 aliphatic heterocycles. The molecule has 0 aliphatic carbocycles. The number of hydrogen-bond acceptors (Lipinski definition) is 4. The number of methoxy groups -OCH3 is 1. The smallest absolute Gasteiger partial charge is 0.155 e. The first kappa shape index (κ1) is 15.3. The van der Waals surface area contributed by atoms with Crippen LogP contribution in [0.5, 0.6) is 11.5 Å². The van der Waals surface area contributed by atoms with Crippen LogP contribution in [0.4, 0.5) is 0 Å². The lowest BCUT2D eigenvalue weighted by Crippen LogP contribution is -2.22. The zero-order chi connectivity index (χ0) is 13.8. The summed E-state index contributed by atoms with van der Waals surface area (Å²) < 4.78 is 34.4. The highest BCUT2D eigenvalue weighted by molar-refractivity contribution is 9.10. The van der Waals surface area contributed by atoms with Gasteiger partial charge in [-0.05, 0) is 48.0 Å². The lowest BCUT2D eigenvalue weighted by molar-refractivity contribution is 0.337. The molecule has 0 unspecified atom stereocenters. The molecule has 0 amide bonds. The van der Waals surface area contributed by atoms with Crippen molar-refractivity contribution in [2.24, 2.45) is 0 Å². The zero-order valence-electron chi connectivity index (χ0n) is 10.6. The van der Waals surface area contributed by atoms with Gasteiger partial charge in [0, 0.05) is 0 Å². The molecule has 102 valence electrons. The minimum Gasteiger partial charge on any atom is -0.497 e. The highest BCUT2D eigenvalue weighted by Gasteiger charge is 2.16. The van der Waals surface area contributed by atoms with E-state index < -0.39 is 9.84 Å². The van der Waals surface area contributed by atoms with Gasteiger partial charge in [0.2, 0.25) is 0 Å². The van der Waals surface area contributed by atoms with Crippen molar-refractivity contribution >= 4 is 25.8 Å². The number of halogens is 1. The van der Waals surface area contributed by atoms with Crippen molar-refractivity contribution in [3.8, 4) is 11.5 Å². The first-order chi connectivity index (χ1) is 8.36. The Labute approximate surface area is 116 Å². The lowest BCUT2D eigenvalue weighted by atomic mass is 10.3. The molecule has 18 heavy (non-hydrogen) atoms. The average molecular weight is 337 g/mol.